The van der Waals surface area contributed by atoms with Crippen molar-refractivity contribution in [3.05, 3.63) is 11.8 Å². The highest BCUT2D eigenvalue weighted by atomic mass is 16.1. The summed E-state index contributed by atoms with van der Waals surface area (Å²) in [5.41, 5.74) is 11.1. The molecule has 0 radical (unpaired) electrons. The van der Waals surface area contributed by atoms with Gasteiger partial charge in [0.25, 0.3) is 0 Å². The van der Waals surface area contributed by atoms with Gasteiger partial charge in [0.2, 0.25) is 11.9 Å². The van der Waals surface area contributed by atoms with Crippen molar-refractivity contribution < 1.29 is 4.79 Å². The van der Waals surface area contributed by atoms with Gasteiger partial charge in [-0.3, -0.25) is 4.79 Å². The quantitative estimate of drug-likeness (QED) is 0.686. The maximum absolute atomic E-state index is 10.9. The van der Waals surface area contributed by atoms with Crippen LogP contribution in [0.1, 0.15) is 25.8 Å². The van der Waals surface area contributed by atoms with Crippen molar-refractivity contribution in [2.24, 2.45) is 5.73 Å². The number of carbonyl (C=O) groups is 1. The molecule has 5 N–H and O–H groups in total. The molecule has 1 aromatic heterocycles. The molecule has 0 aromatic carbocycles. The Labute approximate surface area is 94.5 Å². The lowest BCUT2D eigenvalue weighted by molar-refractivity contribution is -0.118. The maximum Gasteiger partial charge on any atom is 0.221 e. The SMILES string of the molecule is Cc1cnc(N)nc1NC(C)(C)CC(N)=O. The zero-order chi connectivity index (χ0) is 12.3. The second-order valence-electron chi connectivity index (χ2n) is 4.41. The van der Waals surface area contributed by atoms with Crippen molar-refractivity contribution in [3.63, 3.8) is 0 Å². The molecule has 1 rings (SSSR count). The predicted octanol–water partition coefficient (Wildman–Crippen LogP) is 0.433. The lowest BCUT2D eigenvalue weighted by atomic mass is 10.00. The number of anilines is 2. The van der Waals surface area contributed by atoms with E-state index in [1.54, 1.807) is 6.20 Å². The predicted molar refractivity (Wildman–Crippen MR) is 62.7 cm³/mol. The van der Waals surface area contributed by atoms with Crippen LogP contribution < -0.4 is 16.8 Å². The van der Waals surface area contributed by atoms with Crippen LogP contribution in [0.5, 0.6) is 0 Å². The Hall–Kier alpha value is -1.85. The average molecular weight is 223 g/mol. The summed E-state index contributed by atoms with van der Waals surface area (Å²) in [5, 5.41) is 3.13. The molecule has 0 fully saturated rings. The van der Waals surface area contributed by atoms with Crippen LogP contribution in [0, 0.1) is 6.92 Å². The fraction of sp³-hybridized carbons (Fsp3) is 0.500. The molecule has 0 bridgehead atoms. The van der Waals surface area contributed by atoms with Gasteiger partial charge in [-0.2, -0.15) is 4.98 Å². The van der Waals surface area contributed by atoms with Gasteiger partial charge in [0.1, 0.15) is 5.82 Å². The Morgan fingerprint density at radius 2 is 2.19 bits per heavy atom. The van der Waals surface area contributed by atoms with E-state index in [1.165, 1.54) is 0 Å². The van der Waals surface area contributed by atoms with Crippen LogP contribution in [0.2, 0.25) is 0 Å². The van der Waals surface area contributed by atoms with Gasteiger partial charge in [0.15, 0.2) is 0 Å². The van der Waals surface area contributed by atoms with E-state index in [0.29, 0.717) is 5.82 Å². The van der Waals surface area contributed by atoms with Gasteiger partial charge in [-0.25, -0.2) is 4.98 Å². The van der Waals surface area contributed by atoms with Gasteiger partial charge >= 0.3 is 0 Å². The van der Waals surface area contributed by atoms with E-state index in [1.807, 2.05) is 20.8 Å². The van der Waals surface area contributed by atoms with Crippen molar-refractivity contribution in [1.82, 2.24) is 9.97 Å². The van der Waals surface area contributed by atoms with E-state index in [-0.39, 0.29) is 18.3 Å². The van der Waals surface area contributed by atoms with Gasteiger partial charge in [-0.05, 0) is 20.8 Å². The minimum atomic E-state index is -0.461. The van der Waals surface area contributed by atoms with Gasteiger partial charge < -0.3 is 16.8 Å². The third-order valence-electron chi connectivity index (χ3n) is 2.06. The Bertz CT molecular complexity index is 402. The number of primary amides is 1. The van der Waals surface area contributed by atoms with Gasteiger partial charge in [-0.1, -0.05) is 0 Å². The van der Waals surface area contributed by atoms with Crippen LogP contribution in [0.15, 0.2) is 6.20 Å². The van der Waals surface area contributed by atoms with Crippen LogP contribution in [-0.4, -0.2) is 21.4 Å². The second-order valence-corrected chi connectivity index (χ2v) is 4.41. The van der Waals surface area contributed by atoms with Crippen molar-refractivity contribution in [2.75, 3.05) is 11.1 Å². The number of hydrogen-bond acceptors (Lipinski definition) is 5. The largest absolute Gasteiger partial charge is 0.370 e. The standard InChI is InChI=1S/C10H17N5O/c1-6-5-13-9(12)14-8(6)15-10(2,3)4-7(11)16/h5H,4H2,1-3H3,(H2,11,16)(H3,12,13,14,15). The summed E-state index contributed by atoms with van der Waals surface area (Å²) < 4.78 is 0. The number of nitrogens with one attached hydrogen (secondary N) is 1. The molecule has 1 aromatic rings. The lowest BCUT2D eigenvalue weighted by Gasteiger charge is -2.26. The molecule has 1 heterocycles. The normalized spacial score (nSPS) is 11.2. The number of aryl methyl sites for hydroxylation is 1. The molecule has 0 aliphatic carbocycles. The first-order valence-electron chi connectivity index (χ1n) is 4.96. The molecule has 6 nitrogen and oxygen atoms in total. The summed E-state index contributed by atoms with van der Waals surface area (Å²) in [6.07, 6.45) is 1.85. The van der Waals surface area contributed by atoms with E-state index in [0.717, 1.165) is 5.56 Å². The maximum atomic E-state index is 10.9. The van der Waals surface area contributed by atoms with Crippen molar-refractivity contribution >= 4 is 17.7 Å². The molecular formula is C10H17N5O. The average Bonchev–Trinajstić information content (AvgIpc) is 2.08. The van der Waals surface area contributed by atoms with E-state index < -0.39 is 5.54 Å². The molecule has 16 heavy (non-hydrogen) atoms. The monoisotopic (exact) mass is 223 g/mol. The summed E-state index contributed by atoms with van der Waals surface area (Å²) >= 11 is 0. The number of nitrogens with two attached hydrogens (primary N) is 2. The molecule has 1 amide bonds. The van der Waals surface area contributed by atoms with Crippen LogP contribution >= 0.6 is 0 Å². The van der Waals surface area contributed by atoms with E-state index >= 15 is 0 Å². The molecule has 0 spiro atoms. The van der Waals surface area contributed by atoms with Crippen molar-refractivity contribution in [2.45, 2.75) is 32.7 Å². The molecule has 0 unspecified atom stereocenters. The molecule has 0 saturated carbocycles. The molecule has 88 valence electrons. The minimum absolute atomic E-state index is 0.197. The summed E-state index contributed by atoms with van der Waals surface area (Å²) in [7, 11) is 0. The number of carbonyl (C=O) groups excluding carboxylic acids is 1. The summed E-state index contributed by atoms with van der Waals surface area (Å²) in [6.45, 7) is 5.60. The highest BCUT2D eigenvalue weighted by Gasteiger charge is 2.21. The molecule has 0 saturated heterocycles. The third-order valence-corrected chi connectivity index (χ3v) is 2.06. The zero-order valence-corrected chi connectivity index (χ0v) is 9.74. The fourth-order valence-corrected chi connectivity index (χ4v) is 1.38. The lowest BCUT2D eigenvalue weighted by Crippen LogP contribution is -2.36. The van der Waals surface area contributed by atoms with E-state index in [4.69, 9.17) is 11.5 Å². The number of rotatable bonds is 4. The topological polar surface area (TPSA) is 107 Å². The highest BCUT2D eigenvalue weighted by molar-refractivity contribution is 5.75. The smallest absolute Gasteiger partial charge is 0.221 e. The summed E-state index contributed by atoms with van der Waals surface area (Å²) in [5.74, 6) is 0.457. The minimum Gasteiger partial charge on any atom is -0.370 e. The molecule has 6 heteroatoms. The molecule has 0 atom stereocenters. The summed E-state index contributed by atoms with van der Waals surface area (Å²) in [4.78, 5) is 18.8. The van der Waals surface area contributed by atoms with Crippen LogP contribution in [0.3, 0.4) is 0 Å². The number of aromatic nitrogens is 2. The Kier molecular flexibility index (Phi) is 3.31. The first kappa shape index (κ1) is 12.2. The number of hydrogen-bond donors (Lipinski definition) is 3. The van der Waals surface area contributed by atoms with Crippen LogP contribution in [0.4, 0.5) is 11.8 Å². The summed E-state index contributed by atoms with van der Waals surface area (Å²) in [6, 6.07) is 0. The van der Waals surface area contributed by atoms with Crippen LogP contribution in [-0.2, 0) is 4.79 Å². The van der Waals surface area contributed by atoms with Crippen LogP contribution in [0.25, 0.3) is 0 Å². The zero-order valence-electron chi connectivity index (χ0n) is 9.74. The number of nitrogen functional groups attached to an aromatic ring is 1. The van der Waals surface area contributed by atoms with Gasteiger partial charge in [-0.15, -0.1) is 0 Å². The van der Waals surface area contributed by atoms with E-state index in [9.17, 15) is 4.79 Å². The number of nitrogens with zero attached hydrogens (tertiary/aromatic N) is 2. The van der Waals surface area contributed by atoms with E-state index in [2.05, 4.69) is 15.3 Å². The van der Waals surface area contributed by atoms with Crippen molar-refractivity contribution in [3.8, 4) is 0 Å². The molecule has 0 aliphatic rings. The van der Waals surface area contributed by atoms with Gasteiger partial charge in [0, 0.05) is 23.7 Å². The number of amides is 1. The second kappa shape index (κ2) is 4.34. The Morgan fingerprint density at radius 1 is 1.56 bits per heavy atom. The first-order chi connectivity index (χ1) is 7.30. The van der Waals surface area contributed by atoms with Gasteiger partial charge in [0.05, 0.1) is 0 Å². The first-order valence-corrected chi connectivity index (χ1v) is 4.96. The fourth-order valence-electron chi connectivity index (χ4n) is 1.38. The highest BCUT2D eigenvalue weighted by Crippen LogP contribution is 2.19. The van der Waals surface area contributed by atoms with Crippen molar-refractivity contribution in [1.29, 1.82) is 0 Å². The molecule has 0 aliphatic heterocycles. The Balaban J connectivity index is 2.86. The third kappa shape index (κ3) is 3.38. The molecular weight excluding hydrogens is 206 g/mol. The Morgan fingerprint density at radius 3 is 2.75 bits per heavy atom.